The highest BCUT2D eigenvalue weighted by Gasteiger charge is 2.28. The van der Waals surface area contributed by atoms with Crippen LogP contribution < -0.4 is 5.73 Å². The number of nitrogens with zero attached hydrogens (tertiary/aromatic N) is 4. The van der Waals surface area contributed by atoms with Gasteiger partial charge in [-0.1, -0.05) is 19.9 Å². The lowest BCUT2D eigenvalue weighted by atomic mass is 10.1. The zero-order valence-electron chi connectivity index (χ0n) is 18.2. The first-order chi connectivity index (χ1) is 14.5. The Morgan fingerprint density at radius 1 is 1.28 bits per heavy atom. The summed E-state index contributed by atoms with van der Waals surface area (Å²) < 4.78 is 5.93. The van der Waals surface area contributed by atoms with Crippen molar-refractivity contribution in [3.8, 4) is 0 Å². The SMILES string of the molecule is CC(C)C[C@H](N)c1nc(C(=O)N2CCc3oc(CCc4cccnc4)nc3C2)cs1.Cl.Cl. The summed E-state index contributed by atoms with van der Waals surface area (Å²) in [6, 6.07) is 3.85. The monoisotopic (exact) mass is 497 g/mol. The van der Waals surface area contributed by atoms with Crippen molar-refractivity contribution in [2.24, 2.45) is 11.7 Å². The van der Waals surface area contributed by atoms with Gasteiger partial charge in [0.1, 0.15) is 22.2 Å². The Morgan fingerprint density at radius 3 is 2.81 bits per heavy atom. The topological polar surface area (TPSA) is 98.1 Å². The van der Waals surface area contributed by atoms with Crippen LogP contribution in [0, 0.1) is 5.92 Å². The summed E-state index contributed by atoms with van der Waals surface area (Å²) in [5.74, 6) is 2.02. The molecule has 0 aromatic carbocycles. The van der Waals surface area contributed by atoms with E-state index in [1.54, 1.807) is 11.1 Å². The van der Waals surface area contributed by atoms with E-state index in [-0.39, 0.29) is 36.8 Å². The highest BCUT2D eigenvalue weighted by molar-refractivity contribution is 7.09. The molecule has 10 heteroatoms. The van der Waals surface area contributed by atoms with Crippen molar-refractivity contribution in [1.82, 2.24) is 19.9 Å². The number of halogens is 2. The van der Waals surface area contributed by atoms with Gasteiger partial charge < -0.3 is 15.1 Å². The molecule has 1 atom stereocenters. The van der Waals surface area contributed by atoms with Gasteiger partial charge in [0.2, 0.25) is 0 Å². The second-order valence-corrected chi connectivity index (χ2v) is 9.01. The van der Waals surface area contributed by atoms with Gasteiger partial charge in [0, 0.05) is 37.2 Å². The van der Waals surface area contributed by atoms with E-state index in [1.165, 1.54) is 11.3 Å². The molecule has 1 aliphatic rings. The van der Waals surface area contributed by atoms with Crippen LogP contribution in [0.4, 0.5) is 0 Å². The Morgan fingerprint density at radius 2 is 2.09 bits per heavy atom. The fraction of sp³-hybridized carbons (Fsp3) is 0.455. The van der Waals surface area contributed by atoms with E-state index in [1.807, 2.05) is 23.7 Å². The molecule has 0 spiro atoms. The number of rotatable bonds is 7. The molecule has 3 aromatic rings. The average Bonchev–Trinajstić information content (AvgIpc) is 3.38. The summed E-state index contributed by atoms with van der Waals surface area (Å²) in [5, 5.41) is 2.64. The van der Waals surface area contributed by atoms with Gasteiger partial charge in [0.25, 0.3) is 5.91 Å². The standard InChI is InChI=1S/C22H27N5O2S.2ClH/c1-14(2)10-16(23)21-26-18(13-30-21)22(28)27-9-7-19-17(12-27)25-20(29-19)6-5-15-4-3-8-24-11-15;;/h3-4,8,11,13-14,16H,5-7,9-10,12,23H2,1-2H3;2*1H/t16-;;/m0../s1. The molecule has 32 heavy (non-hydrogen) atoms. The molecule has 174 valence electrons. The normalized spacial score (nSPS) is 13.8. The molecular weight excluding hydrogens is 469 g/mol. The molecule has 4 rings (SSSR count). The van der Waals surface area contributed by atoms with Crippen molar-refractivity contribution in [2.45, 2.75) is 52.1 Å². The molecule has 0 saturated carbocycles. The lowest BCUT2D eigenvalue weighted by Gasteiger charge is -2.24. The maximum absolute atomic E-state index is 12.9. The molecule has 0 unspecified atom stereocenters. The van der Waals surface area contributed by atoms with Crippen LogP contribution in [-0.4, -0.2) is 32.3 Å². The van der Waals surface area contributed by atoms with E-state index in [4.69, 9.17) is 10.2 Å². The Balaban J connectivity index is 0.00000181. The summed E-state index contributed by atoms with van der Waals surface area (Å²) >= 11 is 1.46. The zero-order chi connectivity index (χ0) is 21.1. The molecule has 0 bridgehead atoms. The van der Waals surface area contributed by atoms with Gasteiger partial charge >= 0.3 is 0 Å². The van der Waals surface area contributed by atoms with Gasteiger partial charge in [0.15, 0.2) is 5.89 Å². The first kappa shape index (κ1) is 26.3. The number of pyridine rings is 1. The number of aryl methyl sites for hydroxylation is 2. The molecule has 2 N–H and O–H groups in total. The van der Waals surface area contributed by atoms with Gasteiger partial charge in [0.05, 0.1) is 12.6 Å². The third-order valence-electron chi connectivity index (χ3n) is 5.19. The minimum atomic E-state index is -0.123. The number of oxazole rings is 1. The molecule has 4 heterocycles. The smallest absolute Gasteiger partial charge is 0.273 e. The van der Waals surface area contributed by atoms with Crippen molar-refractivity contribution >= 4 is 42.1 Å². The van der Waals surface area contributed by atoms with E-state index in [9.17, 15) is 4.79 Å². The number of hydrogen-bond donors (Lipinski definition) is 1. The van der Waals surface area contributed by atoms with Crippen LogP contribution >= 0.6 is 36.2 Å². The second kappa shape index (κ2) is 11.7. The highest BCUT2D eigenvalue weighted by Crippen LogP contribution is 2.25. The number of aromatic nitrogens is 3. The van der Waals surface area contributed by atoms with E-state index in [2.05, 4.69) is 28.8 Å². The van der Waals surface area contributed by atoms with E-state index >= 15 is 0 Å². The second-order valence-electron chi connectivity index (χ2n) is 8.12. The quantitative estimate of drug-likeness (QED) is 0.519. The molecule has 3 aromatic heterocycles. The van der Waals surface area contributed by atoms with Crippen molar-refractivity contribution in [1.29, 1.82) is 0 Å². The van der Waals surface area contributed by atoms with Crippen LogP contribution in [0.2, 0.25) is 0 Å². The van der Waals surface area contributed by atoms with E-state index in [0.29, 0.717) is 37.0 Å². The van der Waals surface area contributed by atoms with Gasteiger partial charge in [-0.2, -0.15) is 0 Å². The predicted molar refractivity (Wildman–Crippen MR) is 130 cm³/mol. The van der Waals surface area contributed by atoms with Gasteiger partial charge in [-0.05, 0) is 30.4 Å². The van der Waals surface area contributed by atoms with Gasteiger partial charge in [-0.3, -0.25) is 9.78 Å². The molecule has 0 radical (unpaired) electrons. The lowest BCUT2D eigenvalue weighted by Crippen LogP contribution is -2.36. The summed E-state index contributed by atoms with van der Waals surface area (Å²) in [4.78, 5) is 28.0. The fourth-order valence-corrected chi connectivity index (χ4v) is 4.46. The summed E-state index contributed by atoms with van der Waals surface area (Å²) in [5.41, 5.74) is 8.69. The van der Waals surface area contributed by atoms with Crippen molar-refractivity contribution in [3.05, 3.63) is 63.5 Å². The predicted octanol–water partition coefficient (Wildman–Crippen LogP) is 4.40. The number of thiazole rings is 1. The lowest BCUT2D eigenvalue weighted by molar-refractivity contribution is 0.0722. The Hall–Kier alpha value is -2.00. The van der Waals surface area contributed by atoms with Gasteiger partial charge in [-0.25, -0.2) is 9.97 Å². The maximum atomic E-state index is 12.9. The zero-order valence-corrected chi connectivity index (χ0v) is 20.6. The fourth-order valence-electron chi connectivity index (χ4n) is 3.66. The number of fused-ring (bicyclic) bond motifs is 1. The molecule has 7 nitrogen and oxygen atoms in total. The summed E-state index contributed by atoms with van der Waals surface area (Å²) in [6.45, 7) is 5.32. The minimum absolute atomic E-state index is 0. The summed E-state index contributed by atoms with van der Waals surface area (Å²) in [6.07, 6.45) is 6.70. The Kier molecular flexibility index (Phi) is 9.64. The third-order valence-corrected chi connectivity index (χ3v) is 6.17. The van der Waals surface area contributed by atoms with Crippen LogP contribution in [0.5, 0.6) is 0 Å². The number of carbonyl (C=O) groups excluding carboxylic acids is 1. The van der Waals surface area contributed by atoms with E-state index in [0.717, 1.165) is 41.3 Å². The number of carbonyl (C=O) groups is 1. The van der Waals surface area contributed by atoms with E-state index < -0.39 is 0 Å². The number of hydrogen-bond acceptors (Lipinski definition) is 7. The molecule has 0 fully saturated rings. The van der Waals surface area contributed by atoms with Crippen molar-refractivity contribution in [2.75, 3.05) is 6.54 Å². The van der Waals surface area contributed by atoms with Gasteiger partial charge in [-0.15, -0.1) is 36.2 Å². The van der Waals surface area contributed by atoms with Crippen LogP contribution in [0.1, 0.15) is 64.7 Å². The average molecular weight is 498 g/mol. The highest BCUT2D eigenvalue weighted by atomic mass is 35.5. The molecule has 0 saturated heterocycles. The first-order valence-corrected chi connectivity index (χ1v) is 11.2. The largest absolute Gasteiger partial charge is 0.445 e. The Bertz CT molecular complexity index is 1010. The van der Waals surface area contributed by atoms with Crippen LogP contribution in [0.25, 0.3) is 0 Å². The number of amides is 1. The van der Waals surface area contributed by atoms with Crippen LogP contribution in [0.15, 0.2) is 34.3 Å². The summed E-state index contributed by atoms with van der Waals surface area (Å²) in [7, 11) is 0. The third kappa shape index (κ3) is 6.28. The van der Waals surface area contributed by atoms with Crippen molar-refractivity contribution in [3.63, 3.8) is 0 Å². The van der Waals surface area contributed by atoms with Crippen molar-refractivity contribution < 1.29 is 9.21 Å². The minimum Gasteiger partial charge on any atom is -0.445 e. The molecular formula is C22H29Cl2N5O2S. The first-order valence-electron chi connectivity index (χ1n) is 10.4. The Labute approximate surface area is 204 Å². The number of nitrogens with two attached hydrogens (primary N) is 1. The molecule has 0 aliphatic carbocycles. The maximum Gasteiger partial charge on any atom is 0.273 e. The van der Waals surface area contributed by atoms with Crippen LogP contribution in [-0.2, 0) is 25.8 Å². The molecule has 1 aliphatic heterocycles. The van der Waals surface area contributed by atoms with Crippen LogP contribution in [0.3, 0.4) is 0 Å². The molecule has 1 amide bonds.